The van der Waals surface area contributed by atoms with Gasteiger partial charge in [0.2, 0.25) is 11.8 Å². The molecule has 7 nitrogen and oxygen atoms in total. The molecule has 166 valence electrons. The van der Waals surface area contributed by atoms with Crippen molar-refractivity contribution < 1.29 is 19.1 Å². The summed E-state index contributed by atoms with van der Waals surface area (Å²) in [5.74, 6) is 0.505. The molecule has 2 amide bonds. The van der Waals surface area contributed by atoms with Crippen LogP contribution < -0.4 is 15.2 Å². The molecule has 0 saturated heterocycles. The van der Waals surface area contributed by atoms with Crippen molar-refractivity contribution in [2.24, 2.45) is 5.73 Å². The van der Waals surface area contributed by atoms with Gasteiger partial charge in [-0.25, -0.2) is 0 Å². The fraction of sp³-hybridized carbons (Fsp3) is 0.280. The van der Waals surface area contributed by atoms with Gasteiger partial charge in [0.05, 0.1) is 14.2 Å². The summed E-state index contributed by atoms with van der Waals surface area (Å²) in [5, 5.41) is 0. The number of fused-ring (bicyclic) bond motifs is 1. The third-order valence-electron chi connectivity index (χ3n) is 5.99. The van der Waals surface area contributed by atoms with E-state index >= 15 is 0 Å². The first kappa shape index (κ1) is 21.5. The summed E-state index contributed by atoms with van der Waals surface area (Å²) < 4.78 is 12.7. The summed E-state index contributed by atoms with van der Waals surface area (Å²) in [6.07, 6.45) is 4.59. The van der Waals surface area contributed by atoms with Crippen molar-refractivity contribution in [1.82, 2.24) is 9.47 Å². The van der Waals surface area contributed by atoms with Crippen molar-refractivity contribution >= 4 is 11.8 Å². The topological polar surface area (TPSA) is 86.8 Å². The highest BCUT2D eigenvalue weighted by Gasteiger charge is 2.37. The summed E-state index contributed by atoms with van der Waals surface area (Å²) in [5.41, 5.74) is 8.64. The maximum absolute atomic E-state index is 13.8. The van der Waals surface area contributed by atoms with Crippen LogP contribution in [0.3, 0.4) is 0 Å². The number of nitrogens with two attached hydrogens (primary N) is 1. The van der Waals surface area contributed by atoms with E-state index in [1.807, 2.05) is 71.6 Å². The molecule has 0 fully saturated rings. The standard InChI is InChI=1S/C25H27N3O4/c1-31-22-14-18-13-20(24(26)29)28(16-19(18)15-23(22)32-2)25(30)21(27-10-6-7-11-27)12-17-8-4-3-5-9-17/h3-11,14-15,20-21H,12-13,16H2,1-2H3,(H2,26,29)/t20-,21+/m0/s1. The number of carbonyl (C=O) groups is 2. The number of nitrogens with zero attached hydrogens (tertiary/aromatic N) is 2. The lowest BCUT2D eigenvalue weighted by Gasteiger charge is -2.37. The second kappa shape index (κ2) is 9.18. The third-order valence-corrected chi connectivity index (χ3v) is 5.99. The van der Waals surface area contributed by atoms with Gasteiger partial charge >= 0.3 is 0 Å². The number of amides is 2. The number of ether oxygens (including phenoxy) is 2. The summed E-state index contributed by atoms with van der Waals surface area (Å²) in [6, 6.07) is 16.1. The van der Waals surface area contributed by atoms with Gasteiger partial charge in [-0.3, -0.25) is 9.59 Å². The molecule has 0 unspecified atom stereocenters. The maximum atomic E-state index is 13.8. The highest BCUT2D eigenvalue weighted by molar-refractivity contribution is 5.89. The van der Waals surface area contributed by atoms with Crippen molar-refractivity contribution in [2.75, 3.05) is 14.2 Å². The van der Waals surface area contributed by atoms with Crippen molar-refractivity contribution in [3.05, 3.63) is 83.7 Å². The fourth-order valence-corrected chi connectivity index (χ4v) is 4.30. The first-order valence-electron chi connectivity index (χ1n) is 10.5. The highest BCUT2D eigenvalue weighted by Crippen LogP contribution is 2.35. The van der Waals surface area contributed by atoms with E-state index in [4.69, 9.17) is 15.2 Å². The minimum absolute atomic E-state index is 0.144. The number of rotatable bonds is 7. The molecule has 3 aromatic rings. The Morgan fingerprint density at radius 3 is 2.22 bits per heavy atom. The molecule has 0 saturated carbocycles. The van der Waals surface area contributed by atoms with Crippen LogP contribution in [0.1, 0.15) is 22.7 Å². The molecule has 7 heteroatoms. The molecule has 1 aliphatic rings. The molecule has 0 aliphatic carbocycles. The largest absolute Gasteiger partial charge is 0.493 e. The van der Waals surface area contributed by atoms with Crippen LogP contribution in [-0.2, 0) is 29.0 Å². The zero-order valence-corrected chi connectivity index (χ0v) is 18.2. The number of aromatic nitrogens is 1. The fourth-order valence-electron chi connectivity index (χ4n) is 4.30. The van der Waals surface area contributed by atoms with E-state index in [0.717, 1.165) is 16.7 Å². The molecule has 2 aromatic carbocycles. The number of benzene rings is 2. The van der Waals surface area contributed by atoms with Crippen molar-refractivity contribution in [1.29, 1.82) is 0 Å². The Morgan fingerprint density at radius 1 is 1.00 bits per heavy atom. The van der Waals surface area contributed by atoms with Gasteiger partial charge in [-0.05, 0) is 41.0 Å². The summed E-state index contributed by atoms with van der Waals surface area (Å²) in [4.78, 5) is 27.8. The molecule has 0 bridgehead atoms. The lowest BCUT2D eigenvalue weighted by molar-refractivity contribution is -0.143. The molecule has 4 rings (SSSR count). The number of methoxy groups -OCH3 is 2. The molecular weight excluding hydrogens is 406 g/mol. The van der Waals surface area contributed by atoms with Crippen molar-refractivity contribution in [3.63, 3.8) is 0 Å². The van der Waals surface area contributed by atoms with Gasteiger partial charge in [0.15, 0.2) is 11.5 Å². The van der Waals surface area contributed by atoms with Crippen LogP contribution in [-0.4, -0.2) is 41.5 Å². The Morgan fingerprint density at radius 2 is 1.62 bits per heavy atom. The molecule has 1 aromatic heterocycles. The Bertz CT molecular complexity index is 1100. The quantitative estimate of drug-likeness (QED) is 0.621. The van der Waals surface area contributed by atoms with Crippen LogP contribution in [0, 0.1) is 0 Å². The Balaban J connectivity index is 1.70. The van der Waals surface area contributed by atoms with Gasteiger partial charge in [-0.15, -0.1) is 0 Å². The monoisotopic (exact) mass is 433 g/mol. The molecule has 2 atom stereocenters. The van der Waals surface area contributed by atoms with Gasteiger partial charge in [0, 0.05) is 31.8 Å². The summed E-state index contributed by atoms with van der Waals surface area (Å²) >= 11 is 0. The average Bonchev–Trinajstić information content (AvgIpc) is 3.35. The van der Waals surface area contributed by atoms with E-state index in [-0.39, 0.29) is 12.5 Å². The van der Waals surface area contributed by atoms with E-state index in [1.54, 1.807) is 19.1 Å². The molecular formula is C25H27N3O4. The number of hydrogen-bond donors (Lipinski definition) is 1. The number of carbonyl (C=O) groups excluding carboxylic acids is 2. The minimum atomic E-state index is -0.734. The minimum Gasteiger partial charge on any atom is -0.493 e. The smallest absolute Gasteiger partial charge is 0.246 e. The second-order valence-electron chi connectivity index (χ2n) is 7.90. The van der Waals surface area contributed by atoms with Crippen LogP contribution in [0.25, 0.3) is 0 Å². The van der Waals surface area contributed by atoms with Crippen molar-refractivity contribution in [2.45, 2.75) is 31.5 Å². The average molecular weight is 434 g/mol. The summed E-state index contributed by atoms with van der Waals surface area (Å²) in [7, 11) is 3.14. The van der Waals surface area contributed by atoms with Crippen LogP contribution in [0.4, 0.5) is 0 Å². The van der Waals surface area contributed by atoms with E-state index < -0.39 is 18.0 Å². The lowest BCUT2D eigenvalue weighted by Crippen LogP contribution is -2.53. The van der Waals surface area contributed by atoms with Crippen LogP contribution in [0.5, 0.6) is 11.5 Å². The van der Waals surface area contributed by atoms with Gasteiger partial charge in [0.25, 0.3) is 0 Å². The number of hydrogen-bond acceptors (Lipinski definition) is 4. The molecule has 0 spiro atoms. The Labute approximate surface area is 187 Å². The first-order valence-corrected chi connectivity index (χ1v) is 10.5. The molecule has 0 radical (unpaired) electrons. The zero-order valence-electron chi connectivity index (χ0n) is 18.2. The molecule has 2 N–H and O–H groups in total. The highest BCUT2D eigenvalue weighted by atomic mass is 16.5. The summed E-state index contributed by atoms with van der Waals surface area (Å²) in [6.45, 7) is 0.273. The van der Waals surface area contributed by atoms with Gasteiger partial charge < -0.3 is 24.7 Å². The SMILES string of the molecule is COc1cc2c(cc1OC)CN(C(=O)[C@@H](Cc1ccccc1)n1cccc1)[C@H](C(N)=O)C2. The third kappa shape index (κ3) is 4.19. The van der Waals surface area contributed by atoms with E-state index in [0.29, 0.717) is 24.3 Å². The van der Waals surface area contributed by atoms with Crippen molar-refractivity contribution in [3.8, 4) is 11.5 Å². The van der Waals surface area contributed by atoms with Gasteiger partial charge in [-0.1, -0.05) is 30.3 Å². The number of primary amides is 1. The van der Waals surface area contributed by atoms with Gasteiger partial charge in [0.1, 0.15) is 12.1 Å². The predicted octanol–water partition coefficient (Wildman–Crippen LogP) is 2.73. The normalized spacial score (nSPS) is 16.2. The van der Waals surface area contributed by atoms with Crippen LogP contribution in [0.2, 0.25) is 0 Å². The first-order chi connectivity index (χ1) is 15.5. The lowest BCUT2D eigenvalue weighted by atomic mass is 9.91. The van der Waals surface area contributed by atoms with E-state index in [1.165, 1.54) is 0 Å². The molecule has 32 heavy (non-hydrogen) atoms. The van der Waals surface area contributed by atoms with E-state index in [9.17, 15) is 9.59 Å². The Kier molecular flexibility index (Phi) is 6.16. The zero-order chi connectivity index (χ0) is 22.7. The van der Waals surface area contributed by atoms with E-state index in [2.05, 4.69) is 0 Å². The second-order valence-corrected chi connectivity index (χ2v) is 7.90. The molecule has 2 heterocycles. The van der Waals surface area contributed by atoms with Gasteiger partial charge in [-0.2, -0.15) is 0 Å². The predicted molar refractivity (Wildman–Crippen MR) is 120 cm³/mol. The Hall–Kier alpha value is -3.74. The van der Waals surface area contributed by atoms with Crippen LogP contribution in [0.15, 0.2) is 67.0 Å². The van der Waals surface area contributed by atoms with Crippen LogP contribution >= 0.6 is 0 Å². The molecule has 1 aliphatic heterocycles. The maximum Gasteiger partial charge on any atom is 0.246 e.